The van der Waals surface area contributed by atoms with Gasteiger partial charge in [0.2, 0.25) is 0 Å². The molecule has 0 saturated heterocycles. The molecule has 3 rings (SSSR count). The smallest absolute Gasteiger partial charge is 0.251 e. The van der Waals surface area contributed by atoms with Gasteiger partial charge in [-0.3, -0.25) is 4.79 Å². The Hall–Kier alpha value is -1.74. The van der Waals surface area contributed by atoms with Crippen LogP contribution in [0, 0.1) is 0 Å². The molecule has 19 heavy (non-hydrogen) atoms. The molecule has 0 bridgehead atoms. The van der Waals surface area contributed by atoms with Crippen molar-refractivity contribution in [2.75, 3.05) is 5.73 Å². The van der Waals surface area contributed by atoms with Crippen LogP contribution in [0.15, 0.2) is 35.1 Å². The van der Waals surface area contributed by atoms with Crippen LogP contribution in [-0.4, -0.2) is 4.57 Å². The summed E-state index contributed by atoms with van der Waals surface area (Å²) >= 11 is 6.19. The summed E-state index contributed by atoms with van der Waals surface area (Å²) in [5, 5.41) is 0.613. The number of aromatic nitrogens is 1. The zero-order valence-corrected chi connectivity index (χ0v) is 11.3. The van der Waals surface area contributed by atoms with Crippen molar-refractivity contribution in [3.63, 3.8) is 0 Å². The van der Waals surface area contributed by atoms with Crippen LogP contribution >= 0.6 is 11.6 Å². The minimum absolute atomic E-state index is 0.0139. The fourth-order valence-electron chi connectivity index (χ4n) is 2.71. The average Bonchev–Trinajstić information content (AvgIpc) is 2.84. The second-order valence-electron chi connectivity index (χ2n) is 4.89. The Labute approximate surface area is 116 Å². The van der Waals surface area contributed by atoms with E-state index >= 15 is 0 Å². The zero-order chi connectivity index (χ0) is 13.4. The number of nitrogens with two attached hydrogens (primary N) is 1. The number of benzene rings is 1. The summed E-state index contributed by atoms with van der Waals surface area (Å²) in [5.41, 5.74) is 9.84. The lowest BCUT2D eigenvalue weighted by molar-refractivity contribution is 0.709. The van der Waals surface area contributed by atoms with Crippen LogP contribution in [0.3, 0.4) is 0 Å². The average molecular weight is 275 g/mol. The molecule has 0 fully saturated rings. The predicted octanol–water partition coefficient (Wildman–Crippen LogP) is 2.62. The number of hydrogen-bond donors (Lipinski definition) is 1. The number of aryl methyl sites for hydroxylation is 1. The van der Waals surface area contributed by atoms with E-state index in [1.54, 1.807) is 16.7 Å². The van der Waals surface area contributed by atoms with Crippen molar-refractivity contribution < 1.29 is 0 Å². The van der Waals surface area contributed by atoms with Gasteiger partial charge in [0.15, 0.2) is 0 Å². The minimum atomic E-state index is 0.0139. The van der Waals surface area contributed by atoms with Crippen LogP contribution < -0.4 is 11.3 Å². The number of halogens is 1. The lowest BCUT2D eigenvalue weighted by Gasteiger charge is -2.14. The topological polar surface area (TPSA) is 48.0 Å². The number of rotatable bonds is 2. The highest BCUT2D eigenvalue weighted by molar-refractivity contribution is 6.31. The van der Waals surface area contributed by atoms with Gasteiger partial charge in [-0.1, -0.05) is 23.7 Å². The third-order valence-corrected chi connectivity index (χ3v) is 4.07. The van der Waals surface area contributed by atoms with Crippen molar-refractivity contribution in [2.24, 2.45) is 0 Å². The first-order chi connectivity index (χ1) is 9.16. The van der Waals surface area contributed by atoms with E-state index in [0.29, 0.717) is 17.3 Å². The van der Waals surface area contributed by atoms with E-state index < -0.39 is 0 Å². The normalized spacial score (nSPS) is 13.5. The van der Waals surface area contributed by atoms with Crippen LogP contribution in [0.2, 0.25) is 5.02 Å². The third kappa shape index (κ3) is 2.15. The fourth-order valence-corrected chi connectivity index (χ4v) is 2.95. The van der Waals surface area contributed by atoms with Crippen LogP contribution in [-0.2, 0) is 19.4 Å². The molecule has 0 atom stereocenters. The molecular formula is C15H15ClN2O. The Morgan fingerprint density at radius 2 is 2.05 bits per heavy atom. The van der Waals surface area contributed by atoms with Crippen molar-refractivity contribution in [2.45, 2.75) is 25.8 Å². The lowest BCUT2D eigenvalue weighted by atomic mass is 10.1. The van der Waals surface area contributed by atoms with E-state index in [9.17, 15) is 4.79 Å². The summed E-state index contributed by atoms with van der Waals surface area (Å²) in [4.78, 5) is 12.1. The van der Waals surface area contributed by atoms with E-state index in [-0.39, 0.29) is 5.56 Å². The van der Waals surface area contributed by atoms with Crippen molar-refractivity contribution in [1.82, 2.24) is 4.57 Å². The Morgan fingerprint density at radius 3 is 2.84 bits per heavy atom. The van der Waals surface area contributed by atoms with Crippen LogP contribution in [0.5, 0.6) is 0 Å². The molecule has 0 radical (unpaired) electrons. The number of nitrogens with zero attached hydrogens (tertiary/aromatic N) is 1. The third-order valence-electron chi connectivity index (χ3n) is 3.72. The predicted molar refractivity (Wildman–Crippen MR) is 77.7 cm³/mol. The highest BCUT2D eigenvalue weighted by atomic mass is 35.5. The van der Waals surface area contributed by atoms with E-state index in [2.05, 4.69) is 0 Å². The summed E-state index contributed by atoms with van der Waals surface area (Å²) in [6, 6.07) is 9.02. The van der Waals surface area contributed by atoms with E-state index in [1.165, 1.54) is 5.56 Å². The van der Waals surface area contributed by atoms with Gasteiger partial charge in [0.05, 0.1) is 6.54 Å². The summed E-state index contributed by atoms with van der Waals surface area (Å²) in [5.74, 6) is 0. The number of hydrogen-bond acceptors (Lipinski definition) is 2. The van der Waals surface area contributed by atoms with Gasteiger partial charge in [0.25, 0.3) is 5.56 Å². The maximum absolute atomic E-state index is 12.1. The quantitative estimate of drug-likeness (QED) is 0.856. The fraction of sp³-hybridized carbons (Fsp3) is 0.267. The Kier molecular flexibility index (Phi) is 3.07. The maximum atomic E-state index is 12.1. The Bertz CT molecular complexity index is 671. The van der Waals surface area contributed by atoms with Gasteiger partial charge in [-0.25, -0.2) is 0 Å². The number of anilines is 1. The van der Waals surface area contributed by atoms with Crippen molar-refractivity contribution in [1.29, 1.82) is 0 Å². The van der Waals surface area contributed by atoms with Crippen LogP contribution in [0.1, 0.15) is 23.2 Å². The molecule has 0 spiro atoms. The molecule has 0 amide bonds. The summed E-state index contributed by atoms with van der Waals surface area (Å²) < 4.78 is 1.81. The largest absolute Gasteiger partial charge is 0.398 e. The molecule has 1 aliphatic carbocycles. The van der Waals surface area contributed by atoms with Gasteiger partial charge in [-0.15, -0.1) is 0 Å². The van der Waals surface area contributed by atoms with Crippen LogP contribution in [0.4, 0.5) is 5.69 Å². The first-order valence-corrected chi connectivity index (χ1v) is 6.79. The highest BCUT2D eigenvalue weighted by Gasteiger charge is 2.17. The first kappa shape index (κ1) is 12.3. The molecule has 1 aromatic heterocycles. The van der Waals surface area contributed by atoms with E-state index in [0.717, 1.165) is 30.5 Å². The van der Waals surface area contributed by atoms with Gasteiger partial charge < -0.3 is 10.3 Å². The number of nitrogen functional groups attached to an aromatic ring is 1. The van der Waals surface area contributed by atoms with Crippen molar-refractivity contribution in [3.05, 3.63) is 62.5 Å². The molecule has 98 valence electrons. The summed E-state index contributed by atoms with van der Waals surface area (Å²) in [6.07, 6.45) is 3.11. The van der Waals surface area contributed by atoms with E-state index in [1.807, 2.05) is 18.2 Å². The molecule has 4 heteroatoms. The second-order valence-corrected chi connectivity index (χ2v) is 5.30. The molecular weight excluding hydrogens is 260 g/mol. The molecule has 0 saturated carbocycles. The number of pyridine rings is 1. The van der Waals surface area contributed by atoms with Gasteiger partial charge in [-0.05, 0) is 37.0 Å². The first-order valence-electron chi connectivity index (χ1n) is 6.41. The highest BCUT2D eigenvalue weighted by Crippen LogP contribution is 2.25. The van der Waals surface area contributed by atoms with Gasteiger partial charge in [0.1, 0.15) is 0 Å². The number of fused-ring (bicyclic) bond motifs is 1. The molecule has 1 aliphatic rings. The second kappa shape index (κ2) is 4.74. The maximum Gasteiger partial charge on any atom is 0.251 e. The van der Waals surface area contributed by atoms with Gasteiger partial charge in [-0.2, -0.15) is 0 Å². The Morgan fingerprint density at radius 1 is 1.21 bits per heavy atom. The lowest BCUT2D eigenvalue weighted by Crippen LogP contribution is -2.23. The molecule has 1 heterocycles. The van der Waals surface area contributed by atoms with E-state index in [4.69, 9.17) is 17.3 Å². The summed E-state index contributed by atoms with van der Waals surface area (Å²) in [6.45, 7) is 0.452. The van der Waals surface area contributed by atoms with Gasteiger partial charge in [0, 0.05) is 28.0 Å². The molecule has 3 nitrogen and oxygen atoms in total. The molecule has 2 aromatic rings. The molecule has 0 aliphatic heterocycles. The summed E-state index contributed by atoms with van der Waals surface area (Å²) in [7, 11) is 0. The monoisotopic (exact) mass is 274 g/mol. The SMILES string of the molecule is Nc1cccc(Cl)c1Cn1c2c(ccc1=O)CCC2. The molecule has 1 aromatic carbocycles. The van der Waals surface area contributed by atoms with Gasteiger partial charge >= 0.3 is 0 Å². The standard InChI is InChI=1S/C15H15ClN2O/c16-12-4-2-5-13(17)11(12)9-18-14-6-1-3-10(14)7-8-15(18)19/h2,4-5,7-8H,1,3,6,9,17H2. The van der Waals surface area contributed by atoms with Crippen LogP contribution in [0.25, 0.3) is 0 Å². The van der Waals surface area contributed by atoms with Crippen molar-refractivity contribution >= 4 is 17.3 Å². The zero-order valence-electron chi connectivity index (χ0n) is 10.5. The van der Waals surface area contributed by atoms with Crippen molar-refractivity contribution in [3.8, 4) is 0 Å². The minimum Gasteiger partial charge on any atom is -0.398 e. The Balaban J connectivity index is 2.10. The molecule has 2 N–H and O–H groups in total. The molecule has 0 unspecified atom stereocenters.